The maximum absolute atomic E-state index is 13.4. The van der Waals surface area contributed by atoms with E-state index >= 15 is 0 Å². The van der Waals surface area contributed by atoms with Crippen LogP contribution in [0.3, 0.4) is 0 Å². The Morgan fingerprint density at radius 3 is 2.24 bits per heavy atom. The highest BCUT2D eigenvalue weighted by Gasteiger charge is 2.38. The third-order valence-electron chi connectivity index (χ3n) is 4.77. The van der Waals surface area contributed by atoms with Crippen LogP contribution in [0.1, 0.15) is 58.2 Å². The monoisotopic (exact) mass is 294 g/mol. The first-order valence-electron chi connectivity index (χ1n) is 8.18. The first kappa shape index (κ1) is 18.1. The zero-order chi connectivity index (χ0) is 16.0. The SMILES string of the molecule is CCNC(c1ccc(F)cc1C)C(C)(CC)N(CC)CC. The summed E-state index contributed by atoms with van der Waals surface area (Å²) in [6, 6.07) is 5.35. The molecule has 0 radical (unpaired) electrons. The van der Waals surface area contributed by atoms with Crippen molar-refractivity contribution in [2.75, 3.05) is 19.6 Å². The van der Waals surface area contributed by atoms with Gasteiger partial charge in [0.15, 0.2) is 0 Å². The first-order chi connectivity index (χ1) is 9.94. The van der Waals surface area contributed by atoms with E-state index in [-0.39, 0.29) is 17.4 Å². The second-order valence-electron chi connectivity index (χ2n) is 5.87. The van der Waals surface area contributed by atoms with Crippen LogP contribution in [0.15, 0.2) is 18.2 Å². The number of halogens is 1. The zero-order valence-electron chi connectivity index (χ0n) is 14.5. The number of nitrogens with one attached hydrogen (secondary N) is 1. The Morgan fingerprint density at radius 2 is 1.81 bits per heavy atom. The van der Waals surface area contributed by atoms with Gasteiger partial charge in [0, 0.05) is 5.54 Å². The minimum atomic E-state index is -0.160. The molecule has 3 heteroatoms. The molecule has 1 N–H and O–H groups in total. The zero-order valence-corrected chi connectivity index (χ0v) is 14.5. The number of benzene rings is 1. The Labute approximate surface area is 129 Å². The fourth-order valence-electron chi connectivity index (χ4n) is 3.39. The summed E-state index contributed by atoms with van der Waals surface area (Å²) in [7, 11) is 0. The molecule has 2 nitrogen and oxygen atoms in total. The molecule has 2 atom stereocenters. The highest BCUT2D eigenvalue weighted by Crippen LogP contribution is 2.35. The molecule has 1 aromatic carbocycles. The minimum absolute atomic E-state index is 0.0160. The van der Waals surface area contributed by atoms with E-state index in [9.17, 15) is 4.39 Å². The Morgan fingerprint density at radius 1 is 1.19 bits per heavy atom. The second-order valence-corrected chi connectivity index (χ2v) is 5.87. The van der Waals surface area contributed by atoms with Gasteiger partial charge in [-0.2, -0.15) is 0 Å². The van der Waals surface area contributed by atoms with Crippen LogP contribution in [0.5, 0.6) is 0 Å². The van der Waals surface area contributed by atoms with Crippen LogP contribution >= 0.6 is 0 Å². The lowest BCUT2D eigenvalue weighted by Crippen LogP contribution is -2.54. The Bertz CT molecular complexity index is 443. The highest BCUT2D eigenvalue weighted by molar-refractivity contribution is 5.32. The van der Waals surface area contributed by atoms with Gasteiger partial charge >= 0.3 is 0 Å². The van der Waals surface area contributed by atoms with Crippen LogP contribution in [-0.4, -0.2) is 30.1 Å². The number of likely N-dealkylation sites (N-methyl/N-ethyl adjacent to an activating group) is 2. The van der Waals surface area contributed by atoms with Crippen molar-refractivity contribution in [3.05, 3.63) is 35.1 Å². The Kier molecular flexibility index (Phi) is 6.82. The molecule has 21 heavy (non-hydrogen) atoms. The van der Waals surface area contributed by atoms with Crippen molar-refractivity contribution in [1.29, 1.82) is 0 Å². The quantitative estimate of drug-likeness (QED) is 0.769. The van der Waals surface area contributed by atoms with Crippen molar-refractivity contribution in [3.63, 3.8) is 0 Å². The van der Waals surface area contributed by atoms with E-state index in [0.29, 0.717) is 0 Å². The normalized spacial score (nSPS) is 16.0. The molecule has 1 rings (SSSR count). The maximum Gasteiger partial charge on any atom is 0.123 e. The lowest BCUT2D eigenvalue weighted by Gasteiger charge is -2.46. The van der Waals surface area contributed by atoms with Gasteiger partial charge in [0.2, 0.25) is 0 Å². The summed E-state index contributed by atoms with van der Waals surface area (Å²) in [5.41, 5.74) is 2.24. The van der Waals surface area contributed by atoms with Gasteiger partial charge < -0.3 is 5.32 Å². The summed E-state index contributed by atoms with van der Waals surface area (Å²) in [6.45, 7) is 16.0. The fourth-order valence-corrected chi connectivity index (χ4v) is 3.39. The van der Waals surface area contributed by atoms with Gasteiger partial charge in [-0.3, -0.25) is 4.90 Å². The van der Waals surface area contributed by atoms with Crippen molar-refractivity contribution in [1.82, 2.24) is 10.2 Å². The summed E-state index contributed by atoms with van der Waals surface area (Å²) in [6.07, 6.45) is 1.04. The van der Waals surface area contributed by atoms with Crippen molar-refractivity contribution >= 4 is 0 Å². The van der Waals surface area contributed by atoms with Crippen molar-refractivity contribution in [2.24, 2.45) is 0 Å². The smallest absolute Gasteiger partial charge is 0.123 e. The summed E-state index contributed by atoms with van der Waals surface area (Å²) in [4.78, 5) is 2.50. The van der Waals surface area contributed by atoms with E-state index < -0.39 is 0 Å². The van der Waals surface area contributed by atoms with E-state index in [1.54, 1.807) is 12.1 Å². The maximum atomic E-state index is 13.4. The molecule has 0 fully saturated rings. The first-order valence-corrected chi connectivity index (χ1v) is 8.18. The van der Waals surface area contributed by atoms with E-state index in [2.05, 4.69) is 44.8 Å². The molecule has 0 bridgehead atoms. The van der Waals surface area contributed by atoms with Crippen molar-refractivity contribution in [2.45, 2.75) is 59.5 Å². The molecule has 0 aromatic heterocycles. The molecule has 0 heterocycles. The summed E-state index contributed by atoms with van der Waals surface area (Å²) in [5.74, 6) is -0.160. The van der Waals surface area contributed by atoms with Crippen LogP contribution in [0.4, 0.5) is 4.39 Å². The largest absolute Gasteiger partial charge is 0.309 e. The minimum Gasteiger partial charge on any atom is -0.309 e. The molecule has 2 unspecified atom stereocenters. The van der Waals surface area contributed by atoms with E-state index in [0.717, 1.165) is 31.6 Å². The molecule has 1 aromatic rings. The molecule has 0 spiro atoms. The number of hydrogen-bond acceptors (Lipinski definition) is 2. The van der Waals surface area contributed by atoms with E-state index in [4.69, 9.17) is 0 Å². The fraction of sp³-hybridized carbons (Fsp3) is 0.667. The standard InChI is InChI=1S/C18H31FN2/c1-7-18(6,21(9-3)10-4)17(20-8-2)16-12-11-15(19)13-14(16)5/h11-13,17,20H,7-10H2,1-6H3. The summed E-state index contributed by atoms with van der Waals surface area (Å²) in [5, 5.41) is 3.64. The molecule has 120 valence electrons. The molecule has 0 aliphatic heterocycles. The van der Waals surface area contributed by atoms with E-state index in [1.165, 1.54) is 5.56 Å². The van der Waals surface area contributed by atoms with Gasteiger partial charge in [-0.1, -0.05) is 33.8 Å². The second kappa shape index (κ2) is 7.90. The van der Waals surface area contributed by atoms with E-state index in [1.807, 2.05) is 13.0 Å². The predicted molar refractivity (Wildman–Crippen MR) is 89.2 cm³/mol. The van der Waals surface area contributed by atoms with Crippen molar-refractivity contribution in [3.8, 4) is 0 Å². The predicted octanol–water partition coefficient (Wildman–Crippen LogP) is 4.30. The number of hydrogen-bond donors (Lipinski definition) is 1. The third kappa shape index (κ3) is 3.83. The van der Waals surface area contributed by atoms with Gasteiger partial charge in [0.1, 0.15) is 5.82 Å². The molecular weight excluding hydrogens is 263 g/mol. The topological polar surface area (TPSA) is 15.3 Å². The summed E-state index contributed by atoms with van der Waals surface area (Å²) < 4.78 is 13.4. The van der Waals surface area contributed by atoms with Crippen LogP contribution in [0.2, 0.25) is 0 Å². The summed E-state index contributed by atoms with van der Waals surface area (Å²) >= 11 is 0. The molecular formula is C18H31FN2. The van der Waals surface area contributed by atoms with Gasteiger partial charge in [0.05, 0.1) is 6.04 Å². The molecule has 0 aliphatic rings. The third-order valence-corrected chi connectivity index (χ3v) is 4.77. The Balaban J connectivity index is 3.31. The van der Waals surface area contributed by atoms with Gasteiger partial charge in [-0.15, -0.1) is 0 Å². The van der Waals surface area contributed by atoms with Gasteiger partial charge in [-0.05, 0) is 63.2 Å². The lowest BCUT2D eigenvalue weighted by molar-refractivity contribution is 0.0702. The van der Waals surface area contributed by atoms with Gasteiger partial charge in [0.25, 0.3) is 0 Å². The van der Waals surface area contributed by atoms with Gasteiger partial charge in [-0.25, -0.2) is 4.39 Å². The Hall–Kier alpha value is -0.930. The van der Waals surface area contributed by atoms with Crippen molar-refractivity contribution < 1.29 is 4.39 Å². The molecule has 0 saturated heterocycles. The molecule has 0 amide bonds. The molecule has 0 saturated carbocycles. The highest BCUT2D eigenvalue weighted by atomic mass is 19.1. The lowest BCUT2D eigenvalue weighted by atomic mass is 9.81. The number of aryl methyl sites for hydroxylation is 1. The average molecular weight is 294 g/mol. The molecule has 0 aliphatic carbocycles. The van der Waals surface area contributed by atoms with Crippen LogP contribution in [-0.2, 0) is 0 Å². The number of nitrogens with zero attached hydrogens (tertiary/aromatic N) is 1. The van der Waals surface area contributed by atoms with Crippen LogP contribution < -0.4 is 5.32 Å². The number of rotatable bonds is 8. The average Bonchev–Trinajstić information content (AvgIpc) is 2.46. The van der Waals surface area contributed by atoms with Crippen LogP contribution in [0.25, 0.3) is 0 Å². The van der Waals surface area contributed by atoms with Crippen LogP contribution in [0, 0.1) is 12.7 Å².